The van der Waals surface area contributed by atoms with Crippen molar-refractivity contribution in [3.63, 3.8) is 0 Å². The first kappa shape index (κ1) is 21.9. The fourth-order valence-corrected chi connectivity index (χ4v) is 6.00. The number of carbonyl (C=O) groups is 1. The van der Waals surface area contributed by atoms with E-state index in [1.54, 1.807) is 29.2 Å². The van der Waals surface area contributed by atoms with E-state index in [1.165, 1.54) is 24.2 Å². The number of amides is 1. The van der Waals surface area contributed by atoms with E-state index in [-0.39, 0.29) is 17.0 Å². The minimum absolute atomic E-state index is 0.178. The van der Waals surface area contributed by atoms with Crippen molar-refractivity contribution in [1.82, 2.24) is 34.8 Å². The minimum atomic E-state index is -0.249. The van der Waals surface area contributed by atoms with Crippen molar-refractivity contribution in [3.05, 3.63) is 58.9 Å². The van der Waals surface area contributed by atoms with Gasteiger partial charge in [-0.3, -0.25) is 24.5 Å². The van der Waals surface area contributed by atoms with Crippen molar-refractivity contribution in [2.24, 2.45) is 0 Å². The van der Waals surface area contributed by atoms with Gasteiger partial charge in [-0.1, -0.05) is 0 Å². The highest BCUT2D eigenvalue weighted by atomic mass is 32.1. The van der Waals surface area contributed by atoms with Crippen LogP contribution < -0.4 is 10.9 Å². The third-order valence-electron chi connectivity index (χ3n) is 6.87. The van der Waals surface area contributed by atoms with Gasteiger partial charge in [0.25, 0.3) is 11.5 Å². The number of nitrogens with zero attached hydrogens (tertiary/aromatic N) is 5. The molecule has 6 heterocycles. The Labute approximate surface area is 204 Å². The predicted octanol–water partition coefficient (Wildman–Crippen LogP) is 3.45. The van der Waals surface area contributed by atoms with Crippen LogP contribution in [0.3, 0.4) is 0 Å². The Bertz CT molecular complexity index is 1630. The highest BCUT2D eigenvalue weighted by Gasteiger charge is 2.31. The summed E-state index contributed by atoms with van der Waals surface area (Å²) in [6, 6.07) is 5.52. The molecule has 1 aliphatic heterocycles. The van der Waals surface area contributed by atoms with E-state index >= 15 is 0 Å². The third-order valence-corrected chi connectivity index (χ3v) is 8.01. The molecular formula is C25H25N7O2S. The second kappa shape index (κ2) is 8.24. The summed E-state index contributed by atoms with van der Waals surface area (Å²) in [6.07, 6.45) is 9.29. The summed E-state index contributed by atoms with van der Waals surface area (Å²) >= 11 is 1.49. The molecule has 0 spiro atoms. The van der Waals surface area contributed by atoms with Crippen LogP contribution in [0.25, 0.3) is 37.2 Å². The lowest BCUT2D eigenvalue weighted by Crippen LogP contribution is -2.43. The van der Waals surface area contributed by atoms with Gasteiger partial charge in [-0.05, 0) is 57.0 Å². The van der Waals surface area contributed by atoms with E-state index in [0.29, 0.717) is 34.0 Å². The van der Waals surface area contributed by atoms with Gasteiger partial charge in [-0.2, -0.15) is 5.10 Å². The van der Waals surface area contributed by atoms with Crippen molar-refractivity contribution in [2.75, 3.05) is 19.6 Å². The van der Waals surface area contributed by atoms with Gasteiger partial charge in [0.05, 0.1) is 16.0 Å². The molecule has 1 saturated heterocycles. The first-order chi connectivity index (χ1) is 16.9. The zero-order valence-corrected chi connectivity index (χ0v) is 20.4. The molecule has 0 radical (unpaired) electrons. The maximum absolute atomic E-state index is 13.0. The zero-order valence-electron chi connectivity index (χ0n) is 19.5. The summed E-state index contributed by atoms with van der Waals surface area (Å²) in [5.74, 6) is -0.204. The molecule has 178 valence electrons. The van der Waals surface area contributed by atoms with Crippen molar-refractivity contribution in [3.8, 4) is 10.4 Å². The van der Waals surface area contributed by atoms with E-state index in [0.717, 1.165) is 28.4 Å². The monoisotopic (exact) mass is 487 g/mol. The Morgan fingerprint density at radius 1 is 1.26 bits per heavy atom. The highest BCUT2D eigenvalue weighted by molar-refractivity contribution is 7.21. The molecule has 10 heteroatoms. The molecule has 5 aromatic heterocycles. The summed E-state index contributed by atoms with van der Waals surface area (Å²) in [5.41, 5.74) is 2.95. The van der Waals surface area contributed by atoms with Crippen molar-refractivity contribution in [2.45, 2.75) is 32.2 Å². The lowest BCUT2D eigenvalue weighted by atomic mass is 10.0. The zero-order chi connectivity index (χ0) is 24.2. The molecule has 1 fully saturated rings. The number of fused-ring (bicyclic) bond motifs is 5. The van der Waals surface area contributed by atoms with Gasteiger partial charge in [0, 0.05) is 43.4 Å². The Morgan fingerprint density at radius 2 is 2.09 bits per heavy atom. The number of aromatic amines is 1. The number of aromatic nitrogens is 5. The third kappa shape index (κ3) is 3.78. The standard InChI is InChI=1S/C25H25N7O2S/c1-25(2)6-3-10-31(25)11-9-27-22(33)16-12-17-20(28-13-16)21-19(23(34)29-17)24-32(30-21)14-18(35-24)15-4-7-26-8-5-15/h4-5,7-8,12-14H,3,6,9-11H2,1-2H3,(H,27,33)(H,29,34). The van der Waals surface area contributed by atoms with Crippen LogP contribution in [0.2, 0.25) is 0 Å². The number of carbonyl (C=O) groups excluding carboxylic acids is 1. The predicted molar refractivity (Wildman–Crippen MR) is 137 cm³/mol. The largest absolute Gasteiger partial charge is 0.351 e. The lowest BCUT2D eigenvalue weighted by molar-refractivity contribution is 0.0940. The molecule has 0 unspecified atom stereocenters. The molecule has 1 aliphatic rings. The molecule has 1 amide bonds. The Hall–Kier alpha value is -3.63. The molecular weight excluding hydrogens is 462 g/mol. The van der Waals surface area contributed by atoms with E-state index in [9.17, 15) is 9.59 Å². The summed E-state index contributed by atoms with van der Waals surface area (Å²) in [5, 5.41) is 8.14. The molecule has 6 rings (SSSR count). The Kier molecular flexibility index (Phi) is 5.15. The van der Waals surface area contributed by atoms with Crippen LogP contribution in [0.5, 0.6) is 0 Å². The van der Waals surface area contributed by atoms with Crippen molar-refractivity contribution in [1.29, 1.82) is 0 Å². The number of pyridine rings is 3. The van der Waals surface area contributed by atoms with Gasteiger partial charge in [-0.15, -0.1) is 11.3 Å². The lowest BCUT2D eigenvalue weighted by Gasteiger charge is -2.31. The molecule has 2 N–H and O–H groups in total. The van der Waals surface area contributed by atoms with Gasteiger partial charge in [0.2, 0.25) is 0 Å². The first-order valence-electron chi connectivity index (χ1n) is 11.7. The summed E-state index contributed by atoms with van der Waals surface area (Å²) in [6.45, 7) is 6.92. The van der Waals surface area contributed by atoms with Gasteiger partial charge >= 0.3 is 0 Å². The van der Waals surface area contributed by atoms with E-state index in [2.05, 4.69) is 44.1 Å². The molecule has 0 aliphatic carbocycles. The van der Waals surface area contributed by atoms with Crippen LogP contribution in [0.15, 0.2) is 47.8 Å². The second-order valence-corrected chi connectivity index (χ2v) is 10.6. The van der Waals surface area contributed by atoms with Crippen LogP contribution >= 0.6 is 11.3 Å². The van der Waals surface area contributed by atoms with Crippen molar-refractivity contribution >= 4 is 44.0 Å². The van der Waals surface area contributed by atoms with Crippen LogP contribution in [0, 0.1) is 0 Å². The first-order valence-corrected chi connectivity index (χ1v) is 12.5. The van der Waals surface area contributed by atoms with Gasteiger partial charge in [0.15, 0.2) is 0 Å². The molecule has 9 nitrogen and oxygen atoms in total. The van der Waals surface area contributed by atoms with E-state index in [4.69, 9.17) is 0 Å². The number of rotatable bonds is 5. The number of H-pyrrole nitrogens is 1. The normalized spacial score (nSPS) is 15.9. The highest BCUT2D eigenvalue weighted by Crippen LogP contribution is 2.33. The van der Waals surface area contributed by atoms with Crippen LogP contribution in [0.1, 0.15) is 37.0 Å². The summed E-state index contributed by atoms with van der Waals surface area (Å²) in [4.78, 5) is 41.4. The van der Waals surface area contributed by atoms with Gasteiger partial charge < -0.3 is 10.3 Å². The molecule has 35 heavy (non-hydrogen) atoms. The average Bonchev–Trinajstić information content (AvgIpc) is 3.51. The smallest absolute Gasteiger partial charge is 0.261 e. The Morgan fingerprint density at radius 3 is 2.86 bits per heavy atom. The molecule has 0 bridgehead atoms. The topological polar surface area (TPSA) is 108 Å². The second-order valence-electron chi connectivity index (χ2n) is 9.54. The number of likely N-dealkylation sites (tertiary alicyclic amines) is 1. The van der Waals surface area contributed by atoms with Crippen LogP contribution in [0.4, 0.5) is 0 Å². The maximum atomic E-state index is 13.0. The van der Waals surface area contributed by atoms with Crippen LogP contribution in [-0.4, -0.2) is 60.5 Å². The van der Waals surface area contributed by atoms with E-state index in [1.807, 2.05) is 18.3 Å². The Balaban J connectivity index is 1.29. The maximum Gasteiger partial charge on any atom is 0.261 e. The quantitative estimate of drug-likeness (QED) is 0.393. The molecule has 0 atom stereocenters. The van der Waals surface area contributed by atoms with Gasteiger partial charge in [-0.25, -0.2) is 4.52 Å². The SMILES string of the molecule is CC1(C)CCCN1CCNC(=O)c1cnc2c(c1)[nH]c(=O)c1c2nn2cc(-c3ccncc3)sc12. The summed E-state index contributed by atoms with van der Waals surface area (Å²) < 4.78 is 1.72. The molecule has 5 aromatic rings. The van der Waals surface area contributed by atoms with Crippen molar-refractivity contribution < 1.29 is 4.79 Å². The average molecular weight is 488 g/mol. The van der Waals surface area contributed by atoms with E-state index < -0.39 is 0 Å². The van der Waals surface area contributed by atoms with Gasteiger partial charge in [0.1, 0.15) is 21.3 Å². The number of nitrogens with one attached hydrogen (secondary N) is 2. The molecule has 0 aromatic carbocycles. The van der Waals surface area contributed by atoms with Crippen LogP contribution in [-0.2, 0) is 0 Å². The minimum Gasteiger partial charge on any atom is -0.351 e. The fourth-order valence-electron chi connectivity index (χ4n) is 4.91. The summed E-state index contributed by atoms with van der Waals surface area (Å²) in [7, 11) is 0. The number of hydrogen-bond donors (Lipinski definition) is 2. The fraction of sp³-hybridized carbons (Fsp3) is 0.320. The number of thiazole rings is 1. The number of hydrogen-bond acceptors (Lipinski definition) is 7. The molecule has 0 saturated carbocycles.